The molecular weight excluding hydrogens is 256 g/mol. The summed E-state index contributed by atoms with van der Waals surface area (Å²) in [5.41, 5.74) is 4.04. The van der Waals surface area contributed by atoms with E-state index in [1.807, 2.05) is 0 Å². The summed E-state index contributed by atoms with van der Waals surface area (Å²) < 4.78 is 11.4. The maximum absolute atomic E-state index is 11.4. The fourth-order valence-corrected chi connectivity index (χ4v) is 3.57. The first-order valence-corrected chi connectivity index (χ1v) is 8.64. The van der Waals surface area contributed by atoms with Crippen molar-refractivity contribution in [3.63, 3.8) is 0 Å². The summed E-state index contributed by atoms with van der Waals surface area (Å²) in [4.78, 5) is 2.35. The Hall–Kier alpha value is -0.870. The van der Waals surface area contributed by atoms with Crippen molar-refractivity contribution in [3.8, 4) is 0 Å². The van der Waals surface area contributed by atoms with Crippen LogP contribution in [-0.4, -0.2) is 34.8 Å². The highest BCUT2D eigenvalue weighted by atomic mass is 32.2. The topological polar surface area (TPSA) is 32.3 Å². The van der Waals surface area contributed by atoms with Gasteiger partial charge >= 0.3 is 0 Å². The molecule has 1 aliphatic carbocycles. The second kappa shape index (κ2) is 5.63. The number of aryl methyl sites for hydroxylation is 1. The second-order valence-corrected chi connectivity index (χ2v) is 7.30. The molecule has 0 spiro atoms. The van der Waals surface area contributed by atoms with Crippen LogP contribution in [0.4, 0.5) is 5.69 Å². The zero-order valence-corrected chi connectivity index (χ0v) is 12.3. The Morgan fingerprint density at radius 3 is 2.68 bits per heavy atom. The van der Waals surface area contributed by atoms with Crippen LogP contribution in [0, 0.1) is 6.92 Å². The number of nitrogens with zero attached hydrogens (tertiary/aromatic N) is 1. The normalized spacial score (nSPS) is 20.8. The highest BCUT2D eigenvalue weighted by Gasteiger charge is 2.20. The number of anilines is 1. The Morgan fingerprint density at radius 2 is 2.05 bits per heavy atom. The molecule has 3 nitrogen and oxygen atoms in total. The van der Waals surface area contributed by atoms with Crippen LogP contribution >= 0.6 is 0 Å². The van der Waals surface area contributed by atoms with Gasteiger partial charge in [-0.1, -0.05) is 6.07 Å². The third-order valence-corrected chi connectivity index (χ3v) is 5.30. The minimum Gasteiger partial charge on any atom is -0.370 e. The first kappa shape index (κ1) is 13.1. The molecule has 0 amide bonds. The zero-order chi connectivity index (χ0) is 13.2. The van der Waals surface area contributed by atoms with Crippen molar-refractivity contribution in [1.29, 1.82) is 0 Å². The number of rotatable bonds is 4. The van der Waals surface area contributed by atoms with Crippen molar-refractivity contribution in [2.75, 3.05) is 29.5 Å². The minimum absolute atomic E-state index is 0.597. The molecule has 1 aromatic rings. The summed E-state index contributed by atoms with van der Waals surface area (Å²) in [6, 6.07) is 7.49. The van der Waals surface area contributed by atoms with Crippen LogP contribution < -0.4 is 10.2 Å². The molecule has 1 N–H and O–H groups in total. The van der Waals surface area contributed by atoms with Crippen molar-refractivity contribution in [2.24, 2.45) is 0 Å². The average Bonchev–Trinajstić information content (AvgIpc) is 3.22. The van der Waals surface area contributed by atoms with E-state index in [4.69, 9.17) is 0 Å². The average molecular weight is 278 g/mol. The Balaban J connectivity index is 1.65. The standard InChI is InChI=1S/C15H22N2OS/c1-12-10-15(17-6-8-19(18)9-7-17)5-2-13(12)11-16-14-3-4-14/h2,5,10,14,16H,3-4,6-9,11H2,1H3. The predicted octanol–water partition coefficient (Wildman–Crippen LogP) is 1.82. The van der Waals surface area contributed by atoms with Crippen molar-refractivity contribution in [3.05, 3.63) is 29.3 Å². The van der Waals surface area contributed by atoms with E-state index >= 15 is 0 Å². The van der Waals surface area contributed by atoms with E-state index in [1.165, 1.54) is 29.7 Å². The lowest BCUT2D eigenvalue weighted by Crippen LogP contribution is -2.37. The van der Waals surface area contributed by atoms with Crippen LogP contribution in [0.1, 0.15) is 24.0 Å². The van der Waals surface area contributed by atoms with Gasteiger partial charge in [-0.05, 0) is 43.0 Å². The lowest BCUT2D eigenvalue weighted by Gasteiger charge is -2.29. The summed E-state index contributed by atoms with van der Waals surface area (Å²) in [6.07, 6.45) is 2.67. The molecule has 1 aliphatic heterocycles. The molecule has 0 bridgehead atoms. The van der Waals surface area contributed by atoms with Crippen LogP contribution in [0.3, 0.4) is 0 Å². The largest absolute Gasteiger partial charge is 0.370 e. The molecule has 0 unspecified atom stereocenters. The van der Waals surface area contributed by atoms with Gasteiger partial charge in [0.15, 0.2) is 0 Å². The van der Waals surface area contributed by atoms with Crippen LogP contribution in [-0.2, 0) is 17.3 Å². The maximum Gasteiger partial charge on any atom is 0.0411 e. The van der Waals surface area contributed by atoms with Gasteiger partial charge in [0.25, 0.3) is 0 Å². The Bertz CT molecular complexity index is 475. The van der Waals surface area contributed by atoms with E-state index in [1.54, 1.807) is 0 Å². The van der Waals surface area contributed by atoms with Gasteiger partial charge in [-0.15, -0.1) is 0 Å². The van der Waals surface area contributed by atoms with E-state index in [9.17, 15) is 4.21 Å². The summed E-state index contributed by atoms with van der Waals surface area (Å²) in [6.45, 7) is 5.02. The van der Waals surface area contributed by atoms with Crippen molar-refractivity contribution < 1.29 is 4.21 Å². The van der Waals surface area contributed by atoms with Crippen LogP contribution in [0.2, 0.25) is 0 Å². The summed E-state index contributed by atoms with van der Waals surface area (Å²) in [7, 11) is -0.597. The third kappa shape index (κ3) is 3.37. The molecule has 2 aliphatic rings. The predicted molar refractivity (Wildman–Crippen MR) is 81.1 cm³/mol. The van der Waals surface area contributed by atoms with Gasteiger partial charge < -0.3 is 10.2 Å². The van der Waals surface area contributed by atoms with E-state index in [-0.39, 0.29) is 0 Å². The van der Waals surface area contributed by atoms with Gasteiger partial charge in [-0.25, -0.2) is 0 Å². The van der Waals surface area contributed by atoms with Gasteiger partial charge in [-0.2, -0.15) is 0 Å². The van der Waals surface area contributed by atoms with Gasteiger partial charge in [0.2, 0.25) is 0 Å². The molecule has 104 valence electrons. The van der Waals surface area contributed by atoms with E-state index in [2.05, 4.69) is 35.3 Å². The highest BCUT2D eigenvalue weighted by Crippen LogP contribution is 2.23. The first-order valence-electron chi connectivity index (χ1n) is 7.15. The lowest BCUT2D eigenvalue weighted by atomic mass is 10.1. The Morgan fingerprint density at radius 1 is 1.32 bits per heavy atom. The lowest BCUT2D eigenvalue weighted by molar-refractivity contribution is 0.673. The molecule has 3 rings (SSSR count). The molecule has 0 atom stereocenters. The van der Waals surface area contributed by atoms with E-state index in [0.29, 0.717) is 0 Å². The molecule has 1 heterocycles. The van der Waals surface area contributed by atoms with Gasteiger partial charge in [-0.3, -0.25) is 4.21 Å². The molecule has 2 fully saturated rings. The van der Waals surface area contributed by atoms with E-state index < -0.39 is 10.8 Å². The molecule has 1 saturated carbocycles. The molecular formula is C15H22N2OS. The van der Waals surface area contributed by atoms with Crippen LogP contribution in [0.25, 0.3) is 0 Å². The van der Waals surface area contributed by atoms with Crippen molar-refractivity contribution in [1.82, 2.24) is 5.32 Å². The fourth-order valence-electron chi connectivity index (χ4n) is 2.51. The summed E-state index contributed by atoms with van der Waals surface area (Å²) >= 11 is 0. The monoisotopic (exact) mass is 278 g/mol. The van der Waals surface area contributed by atoms with Gasteiger partial charge in [0.1, 0.15) is 0 Å². The Labute approximate surface area is 117 Å². The number of hydrogen-bond acceptors (Lipinski definition) is 3. The molecule has 0 radical (unpaired) electrons. The first-order chi connectivity index (χ1) is 9.22. The van der Waals surface area contributed by atoms with Crippen LogP contribution in [0.15, 0.2) is 18.2 Å². The summed E-state index contributed by atoms with van der Waals surface area (Å²) in [5.74, 6) is 1.62. The molecule has 0 aromatic heterocycles. The quantitative estimate of drug-likeness (QED) is 0.912. The van der Waals surface area contributed by atoms with Crippen molar-refractivity contribution >= 4 is 16.5 Å². The van der Waals surface area contributed by atoms with Crippen LogP contribution in [0.5, 0.6) is 0 Å². The van der Waals surface area contributed by atoms with E-state index in [0.717, 1.165) is 37.2 Å². The number of nitrogens with one attached hydrogen (secondary N) is 1. The zero-order valence-electron chi connectivity index (χ0n) is 11.5. The van der Waals surface area contributed by atoms with Gasteiger partial charge in [0.05, 0.1) is 0 Å². The second-order valence-electron chi connectivity index (χ2n) is 5.60. The smallest absolute Gasteiger partial charge is 0.0411 e. The molecule has 1 aromatic carbocycles. The number of benzene rings is 1. The summed E-state index contributed by atoms with van der Waals surface area (Å²) in [5, 5.41) is 3.56. The maximum atomic E-state index is 11.4. The molecule has 19 heavy (non-hydrogen) atoms. The Kier molecular flexibility index (Phi) is 3.89. The SMILES string of the molecule is Cc1cc(N2CCS(=O)CC2)ccc1CNC1CC1. The fraction of sp³-hybridized carbons (Fsp3) is 0.600. The molecule has 1 saturated heterocycles. The highest BCUT2D eigenvalue weighted by molar-refractivity contribution is 7.85. The number of hydrogen-bond donors (Lipinski definition) is 1. The molecule has 4 heteroatoms. The van der Waals surface area contributed by atoms with Gasteiger partial charge in [0, 0.05) is 53.7 Å². The van der Waals surface area contributed by atoms with Crippen molar-refractivity contribution in [2.45, 2.75) is 32.4 Å². The third-order valence-electron chi connectivity index (χ3n) is 4.03. The minimum atomic E-state index is -0.597.